The molecule has 3 rings (SSSR count). The lowest BCUT2D eigenvalue weighted by atomic mass is 10.2. The van der Waals surface area contributed by atoms with Crippen molar-refractivity contribution in [3.63, 3.8) is 0 Å². The van der Waals surface area contributed by atoms with Crippen LogP contribution in [0, 0.1) is 13.8 Å². The highest BCUT2D eigenvalue weighted by atomic mass is 79.9. The number of hydrogen-bond donors (Lipinski definition) is 2. The van der Waals surface area contributed by atoms with Gasteiger partial charge in [0.05, 0.1) is 17.8 Å². The molecule has 0 aliphatic carbocycles. The van der Waals surface area contributed by atoms with E-state index in [-0.39, 0.29) is 16.6 Å². The molecule has 1 amide bonds. The van der Waals surface area contributed by atoms with Gasteiger partial charge >= 0.3 is 0 Å². The van der Waals surface area contributed by atoms with Crippen LogP contribution >= 0.6 is 27.7 Å². The SMILES string of the molecule is COc1ccc(NS(=O)(=O)c2cc(NC(=O)CSc3ccc(Br)cc3C)ccc2C)cc1. The van der Waals surface area contributed by atoms with Crippen molar-refractivity contribution < 1.29 is 17.9 Å². The topological polar surface area (TPSA) is 84.5 Å². The monoisotopic (exact) mass is 534 g/mol. The molecule has 32 heavy (non-hydrogen) atoms. The van der Waals surface area contributed by atoms with Crippen molar-refractivity contribution in [3.8, 4) is 5.75 Å². The molecule has 6 nitrogen and oxygen atoms in total. The maximum Gasteiger partial charge on any atom is 0.262 e. The van der Waals surface area contributed by atoms with Gasteiger partial charge in [-0.15, -0.1) is 11.8 Å². The van der Waals surface area contributed by atoms with Gasteiger partial charge in [-0.3, -0.25) is 9.52 Å². The molecule has 0 saturated carbocycles. The number of ether oxygens (including phenoxy) is 1. The highest BCUT2D eigenvalue weighted by Gasteiger charge is 2.18. The van der Waals surface area contributed by atoms with E-state index in [0.29, 0.717) is 22.7 Å². The number of hydrogen-bond acceptors (Lipinski definition) is 5. The first-order valence-electron chi connectivity index (χ1n) is 9.64. The summed E-state index contributed by atoms with van der Waals surface area (Å²) in [6, 6.07) is 17.3. The van der Waals surface area contributed by atoms with E-state index in [4.69, 9.17) is 4.74 Å². The van der Waals surface area contributed by atoms with E-state index in [1.165, 1.54) is 17.8 Å². The normalized spacial score (nSPS) is 11.1. The van der Waals surface area contributed by atoms with Crippen LogP contribution in [0.25, 0.3) is 0 Å². The summed E-state index contributed by atoms with van der Waals surface area (Å²) in [6.45, 7) is 3.69. The lowest BCUT2D eigenvalue weighted by Gasteiger charge is -2.13. The van der Waals surface area contributed by atoms with E-state index in [2.05, 4.69) is 26.0 Å². The number of carbonyl (C=O) groups excluding carboxylic acids is 1. The number of methoxy groups -OCH3 is 1. The first-order valence-corrected chi connectivity index (χ1v) is 12.9. The zero-order valence-electron chi connectivity index (χ0n) is 17.8. The Bertz CT molecular complexity index is 1230. The Morgan fingerprint density at radius 1 is 0.969 bits per heavy atom. The molecule has 0 saturated heterocycles. The third kappa shape index (κ3) is 6.27. The molecule has 0 radical (unpaired) electrons. The van der Waals surface area contributed by atoms with Gasteiger partial charge in [0.25, 0.3) is 10.0 Å². The number of aryl methyl sites for hydroxylation is 2. The summed E-state index contributed by atoms with van der Waals surface area (Å²) in [6.07, 6.45) is 0. The second kappa shape index (κ2) is 10.4. The number of carbonyl (C=O) groups is 1. The minimum absolute atomic E-state index is 0.0996. The van der Waals surface area contributed by atoms with Gasteiger partial charge in [-0.05, 0) is 79.6 Å². The third-order valence-electron chi connectivity index (χ3n) is 4.60. The molecule has 9 heteroatoms. The largest absolute Gasteiger partial charge is 0.497 e. The van der Waals surface area contributed by atoms with Crippen LogP contribution in [0.1, 0.15) is 11.1 Å². The van der Waals surface area contributed by atoms with Gasteiger partial charge in [-0.25, -0.2) is 8.42 Å². The van der Waals surface area contributed by atoms with Crippen LogP contribution in [0.15, 0.2) is 74.9 Å². The Balaban J connectivity index is 1.70. The van der Waals surface area contributed by atoms with Crippen LogP contribution in [0.5, 0.6) is 5.75 Å². The predicted octanol–water partition coefficient (Wildman–Crippen LogP) is 5.61. The highest BCUT2D eigenvalue weighted by molar-refractivity contribution is 9.10. The molecule has 2 N–H and O–H groups in total. The summed E-state index contributed by atoms with van der Waals surface area (Å²) in [7, 11) is -2.30. The zero-order chi connectivity index (χ0) is 23.3. The van der Waals surface area contributed by atoms with Crippen LogP contribution in [-0.2, 0) is 14.8 Å². The quantitative estimate of drug-likeness (QED) is 0.367. The molecule has 0 heterocycles. The summed E-state index contributed by atoms with van der Waals surface area (Å²) in [5, 5.41) is 2.78. The number of sulfonamides is 1. The Kier molecular flexibility index (Phi) is 7.86. The van der Waals surface area contributed by atoms with E-state index in [1.807, 2.05) is 25.1 Å². The summed E-state index contributed by atoms with van der Waals surface area (Å²) < 4.78 is 34.5. The maximum absolute atomic E-state index is 12.9. The Labute approximate surface area is 200 Å². The van der Waals surface area contributed by atoms with Crippen LogP contribution in [0.2, 0.25) is 0 Å². The van der Waals surface area contributed by atoms with Gasteiger partial charge in [0.15, 0.2) is 0 Å². The second-order valence-electron chi connectivity index (χ2n) is 7.06. The average Bonchev–Trinajstić information content (AvgIpc) is 2.74. The molecular weight excluding hydrogens is 512 g/mol. The standard InChI is InChI=1S/C23H23BrN2O4S2/c1-15-4-6-19(25-23(27)14-31-21-11-5-17(24)12-16(21)2)13-22(15)32(28,29)26-18-7-9-20(30-3)10-8-18/h4-13,26H,14H2,1-3H3,(H,25,27). The van der Waals surface area contributed by atoms with Gasteiger partial charge in [-0.2, -0.15) is 0 Å². The fraction of sp³-hybridized carbons (Fsp3) is 0.174. The highest BCUT2D eigenvalue weighted by Crippen LogP contribution is 2.27. The molecule has 0 spiro atoms. The minimum Gasteiger partial charge on any atom is -0.497 e. The van der Waals surface area contributed by atoms with Crippen molar-refractivity contribution in [2.24, 2.45) is 0 Å². The van der Waals surface area contributed by atoms with E-state index in [0.717, 1.165) is 14.9 Å². The van der Waals surface area contributed by atoms with Crippen molar-refractivity contribution in [2.75, 3.05) is 22.9 Å². The predicted molar refractivity (Wildman–Crippen MR) is 133 cm³/mol. The van der Waals surface area contributed by atoms with Crippen molar-refractivity contribution in [2.45, 2.75) is 23.6 Å². The summed E-state index contributed by atoms with van der Waals surface area (Å²) in [5.74, 6) is 0.625. The molecule has 0 bridgehead atoms. The van der Waals surface area contributed by atoms with Crippen molar-refractivity contribution >= 4 is 55.0 Å². The Morgan fingerprint density at radius 3 is 2.31 bits per heavy atom. The van der Waals surface area contributed by atoms with Gasteiger partial charge in [0.2, 0.25) is 5.91 Å². The molecular formula is C23H23BrN2O4S2. The van der Waals surface area contributed by atoms with Crippen LogP contribution < -0.4 is 14.8 Å². The minimum atomic E-state index is -3.84. The van der Waals surface area contributed by atoms with Gasteiger partial charge in [0.1, 0.15) is 5.75 Å². The first-order chi connectivity index (χ1) is 15.2. The van der Waals surface area contributed by atoms with E-state index in [1.54, 1.807) is 50.4 Å². The molecule has 0 aromatic heterocycles. The molecule has 3 aromatic carbocycles. The van der Waals surface area contributed by atoms with Crippen molar-refractivity contribution in [1.29, 1.82) is 0 Å². The van der Waals surface area contributed by atoms with E-state index in [9.17, 15) is 13.2 Å². The number of anilines is 2. The molecule has 0 aliphatic heterocycles. The lowest BCUT2D eigenvalue weighted by Crippen LogP contribution is -2.17. The molecule has 0 aliphatic rings. The van der Waals surface area contributed by atoms with Crippen LogP contribution in [0.4, 0.5) is 11.4 Å². The molecule has 0 atom stereocenters. The number of halogens is 1. The molecule has 168 valence electrons. The Hall–Kier alpha value is -2.49. The summed E-state index contributed by atoms with van der Waals surface area (Å²) in [4.78, 5) is 13.6. The maximum atomic E-state index is 12.9. The fourth-order valence-electron chi connectivity index (χ4n) is 2.95. The van der Waals surface area contributed by atoms with Crippen molar-refractivity contribution in [1.82, 2.24) is 0 Å². The number of thioether (sulfide) groups is 1. The zero-order valence-corrected chi connectivity index (χ0v) is 21.0. The first kappa shape index (κ1) is 24.2. The van der Waals surface area contributed by atoms with Crippen LogP contribution in [-0.4, -0.2) is 27.2 Å². The Morgan fingerprint density at radius 2 is 1.66 bits per heavy atom. The van der Waals surface area contributed by atoms with E-state index < -0.39 is 10.0 Å². The van der Waals surface area contributed by atoms with Gasteiger partial charge < -0.3 is 10.1 Å². The van der Waals surface area contributed by atoms with E-state index >= 15 is 0 Å². The number of benzene rings is 3. The van der Waals surface area contributed by atoms with Crippen molar-refractivity contribution in [3.05, 3.63) is 76.3 Å². The summed E-state index contributed by atoms with van der Waals surface area (Å²) in [5.41, 5.74) is 2.49. The summed E-state index contributed by atoms with van der Waals surface area (Å²) >= 11 is 4.85. The number of nitrogens with one attached hydrogen (secondary N) is 2. The number of amides is 1. The second-order valence-corrected chi connectivity index (χ2v) is 10.6. The van der Waals surface area contributed by atoms with Gasteiger partial charge in [0, 0.05) is 20.7 Å². The van der Waals surface area contributed by atoms with Crippen LogP contribution in [0.3, 0.4) is 0 Å². The number of rotatable bonds is 8. The molecule has 3 aromatic rings. The fourth-order valence-corrected chi connectivity index (χ4v) is 5.57. The average molecular weight is 535 g/mol. The smallest absolute Gasteiger partial charge is 0.262 e. The lowest BCUT2D eigenvalue weighted by molar-refractivity contribution is -0.113. The molecule has 0 fully saturated rings. The third-order valence-corrected chi connectivity index (χ3v) is 7.79. The molecule has 0 unspecified atom stereocenters. The van der Waals surface area contributed by atoms with Gasteiger partial charge in [-0.1, -0.05) is 22.0 Å².